The zero-order chi connectivity index (χ0) is 11.6. The summed E-state index contributed by atoms with van der Waals surface area (Å²) < 4.78 is 9.48. The van der Waals surface area contributed by atoms with Crippen LogP contribution in [0.15, 0.2) is 30.3 Å². The molecule has 1 rings (SSSR count). The van der Waals surface area contributed by atoms with Gasteiger partial charge in [0.1, 0.15) is 6.61 Å². The summed E-state index contributed by atoms with van der Waals surface area (Å²) in [4.78, 5) is 21.0. The number of hydrogen-bond donors (Lipinski definition) is 0. The third-order valence-corrected chi connectivity index (χ3v) is 1.95. The number of hydrogen-bond acceptors (Lipinski definition) is 4. The van der Waals surface area contributed by atoms with E-state index in [1.54, 1.807) is 0 Å². The first-order valence-electron chi connectivity index (χ1n) is 5.07. The van der Waals surface area contributed by atoms with Crippen molar-refractivity contribution >= 4 is 12.4 Å². The number of rotatable bonds is 7. The van der Waals surface area contributed by atoms with Crippen molar-refractivity contribution in [3.8, 4) is 0 Å². The van der Waals surface area contributed by atoms with Crippen molar-refractivity contribution in [2.75, 3.05) is 6.61 Å². The van der Waals surface area contributed by atoms with Gasteiger partial charge in [0.2, 0.25) is 0 Å². The van der Waals surface area contributed by atoms with E-state index < -0.39 is 0 Å². The minimum Gasteiger partial charge on any atom is -0.468 e. The summed E-state index contributed by atoms with van der Waals surface area (Å²) in [6, 6.07) is 9.47. The van der Waals surface area contributed by atoms with Crippen LogP contribution in [0.1, 0.15) is 18.4 Å². The van der Waals surface area contributed by atoms with Crippen molar-refractivity contribution in [3.05, 3.63) is 35.9 Å². The van der Waals surface area contributed by atoms with Gasteiger partial charge in [0.25, 0.3) is 6.47 Å². The molecule has 0 aliphatic rings. The molecule has 0 atom stereocenters. The van der Waals surface area contributed by atoms with Gasteiger partial charge in [-0.3, -0.25) is 9.59 Å². The van der Waals surface area contributed by atoms with E-state index in [4.69, 9.17) is 4.74 Å². The molecule has 0 aromatic heterocycles. The molecule has 0 amide bonds. The Kier molecular flexibility index (Phi) is 5.70. The lowest BCUT2D eigenvalue weighted by molar-refractivity contribution is -0.145. The Hall–Kier alpha value is -1.84. The number of ether oxygens (including phenoxy) is 2. The Labute approximate surface area is 94.2 Å². The number of benzene rings is 1. The van der Waals surface area contributed by atoms with E-state index in [1.165, 1.54) is 0 Å². The predicted molar refractivity (Wildman–Crippen MR) is 57.5 cm³/mol. The molecule has 1 aromatic rings. The predicted octanol–water partition coefficient (Wildman–Crippen LogP) is 1.68. The molecule has 86 valence electrons. The lowest BCUT2D eigenvalue weighted by Crippen LogP contribution is -2.06. The van der Waals surface area contributed by atoms with Crippen LogP contribution in [0.2, 0.25) is 0 Å². The zero-order valence-corrected chi connectivity index (χ0v) is 8.93. The normalized spacial score (nSPS) is 9.50. The van der Waals surface area contributed by atoms with Crippen LogP contribution in [0.5, 0.6) is 0 Å². The molecule has 0 unspecified atom stereocenters. The van der Waals surface area contributed by atoms with E-state index >= 15 is 0 Å². The standard InChI is InChI=1S/C12H14O4/c13-10-15-8-4-7-12(14)16-9-11-5-2-1-3-6-11/h1-3,5-6,10H,4,7-9H2. The molecule has 0 aliphatic carbocycles. The van der Waals surface area contributed by atoms with Gasteiger partial charge in [-0.25, -0.2) is 0 Å². The summed E-state index contributed by atoms with van der Waals surface area (Å²) in [6.45, 7) is 0.910. The highest BCUT2D eigenvalue weighted by Gasteiger charge is 2.02. The molecule has 0 N–H and O–H groups in total. The molecule has 0 bridgehead atoms. The van der Waals surface area contributed by atoms with E-state index in [0.29, 0.717) is 12.9 Å². The molecule has 1 aromatic carbocycles. The highest BCUT2D eigenvalue weighted by atomic mass is 16.5. The minimum atomic E-state index is -0.279. The highest BCUT2D eigenvalue weighted by molar-refractivity contribution is 5.69. The van der Waals surface area contributed by atoms with Crippen molar-refractivity contribution < 1.29 is 19.1 Å². The number of carbonyl (C=O) groups excluding carboxylic acids is 2. The molecular weight excluding hydrogens is 208 g/mol. The van der Waals surface area contributed by atoms with Gasteiger partial charge in [-0.15, -0.1) is 0 Å². The fourth-order valence-electron chi connectivity index (χ4n) is 1.16. The number of esters is 1. The molecule has 0 aliphatic heterocycles. The van der Waals surface area contributed by atoms with E-state index in [9.17, 15) is 9.59 Å². The Morgan fingerprint density at radius 1 is 1.25 bits per heavy atom. The van der Waals surface area contributed by atoms with Crippen molar-refractivity contribution in [1.29, 1.82) is 0 Å². The molecule has 0 heterocycles. The summed E-state index contributed by atoms with van der Waals surface area (Å²) >= 11 is 0. The van der Waals surface area contributed by atoms with Crippen LogP contribution < -0.4 is 0 Å². The van der Waals surface area contributed by atoms with Gasteiger partial charge in [0.05, 0.1) is 6.61 Å². The summed E-state index contributed by atoms with van der Waals surface area (Å²) in [5.74, 6) is -0.279. The molecule has 16 heavy (non-hydrogen) atoms. The van der Waals surface area contributed by atoms with Gasteiger partial charge in [-0.1, -0.05) is 30.3 Å². The molecule has 0 radical (unpaired) electrons. The maximum absolute atomic E-state index is 11.2. The SMILES string of the molecule is O=COCCCC(=O)OCc1ccccc1. The summed E-state index contributed by atoms with van der Waals surface area (Å²) in [7, 11) is 0. The number of carbonyl (C=O) groups is 2. The van der Waals surface area contributed by atoms with Crippen LogP contribution in [0.3, 0.4) is 0 Å². The fourth-order valence-corrected chi connectivity index (χ4v) is 1.16. The maximum Gasteiger partial charge on any atom is 0.306 e. The van der Waals surface area contributed by atoms with Gasteiger partial charge in [0, 0.05) is 6.42 Å². The van der Waals surface area contributed by atoms with Crippen LogP contribution in [0.25, 0.3) is 0 Å². The van der Waals surface area contributed by atoms with Gasteiger partial charge in [-0.2, -0.15) is 0 Å². The summed E-state index contributed by atoms with van der Waals surface area (Å²) in [5.41, 5.74) is 0.958. The van der Waals surface area contributed by atoms with Crippen LogP contribution in [-0.4, -0.2) is 19.0 Å². The smallest absolute Gasteiger partial charge is 0.306 e. The summed E-state index contributed by atoms with van der Waals surface area (Å²) in [5, 5.41) is 0. The molecule has 0 saturated heterocycles. The molecule has 0 spiro atoms. The first-order valence-corrected chi connectivity index (χ1v) is 5.07. The lowest BCUT2D eigenvalue weighted by Gasteiger charge is -2.04. The van der Waals surface area contributed by atoms with Crippen molar-refractivity contribution in [2.45, 2.75) is 19.4 Å². The quantitative estimate of drug-likeness (QED) is 0.400. The first kappa shape index (κ1) is 12.2. The second kappa shape index (κ2) is 7.45. The van der Waals surface area contributed by atoms with E-state index in [0.717, 1.165) is 5.56 Å². The maximum atomic E-state index is 11.2. The Bertz CT molecular complexity index is 321. The summed E-state index contributed by atoms with van der Waals surface area (Å²) in [6.07, 6.45) is 0.757. The Morgan fingerprint density at radius 2 is 2.00 bits per heavy atom. The third kappa shape index (κ3) is 5.14. The van der Waals surface area contributed by atoms with Gasteiger partial charge in [0.15, 0.2) is 0 Å². The van der Waals surface area contributed by atoms with E-state index in [-0.39, 0.29) is 25.6 Å². The van der Waals surface area contributed by atoms with Crippen LogP contribution in [0, 0.1) is 0 Å². The minimum absolute atomic E-state index is 0.254. The Balaban J connectivity index is 2.13. The monoisotopic (exact) mass is 222 g/mol. The van der Waals surface area contributed by atoms with Crippen LogP contribution in [-0.2, 0) is 25.7 Å². The average molecular weight is 222 g/mol. The Morgan fingerprint density at radius 3 is 2.69 bits per heavy atom. The van der Waals surface area contributed by atoms with Crippen molar-refractivity contribution in [3.63, 3.8) is 0 Å². The van der Waals surface area contributed by atoms with Crippen molar-refractivity contribution in [2.24, 2.45) is 0 Å². The topological polar surface area (TPSA) is 52.6 Å². The zero-order valence-electron chi connectivity index (χ0n) is 8.93. The van der Waals surface area contributed by atoms with Gasteiger partial charge in [-0.05, 0) is 12.0 Å². The van der Waals surface area contributed by atoms with Crippen molar-refractivity contribution in [1.82, 2.24) is 0 Å². The lowest BCUT2D eigenvalue weighted by atomic mass is 10.2. The molecule has 0 saturated carbocycles. The molecule has 4 nitrogen and oxygen atoms in total. The van der Waals surface area contributed by atoms with Crippen LogP contribution in [0.4, 0.5) is 0 Å². The van der Waals surface area contributed by atoms with E-state index in [1.807, 2.05) is 30.3 Å². The average Bonchev–Trinajstić information content (AvgIpc) is 2.33. The largest absolute Gasteiger partial charge is 0.468 e. The van der Waals surface area contributed by atoms with Gasteiger partial charge < -0.3 is 9.47 Å². The van der Waals surface area contributed by atoms with Crippen LogP contribution >= 0.6 is 0 Å². The highest BCUT2D eigenvalue weighted by Crippen LogP contribution is 2.02. The molecule has 0 fully saturated rings. The fraction of sp³-hybridized carbons (Fsp3) is 0.333. The molecular formula is C12H14O4. The van der Waals surface area contributed by atoms with Gasteiger partial charge >= 0.3 is 5.97 Å². The second-order valence-electron chi connectivity index (χ2n) is 3.22. The third-order valence-electron chi connectivity index (χ3n) is 1.95. The molecule has 4 heteroatoms. The second-order valence-corrected chi connectivity index (χ2v) is 3.22. The van der Waals surface area contributed by atoms with E-state index in [2.05, 4.69) is 4.74 Å². The first-order chi connectivity index (χ1) is 7.83.